The SMILES string of the molecule is c1ccc(-c2cc(-c3ccc4c(c3)Oc3cccc5c3N4c3ccccc3O5)cc(-c3cc4c5c(c3)Oc3ccccc3N5c3ccccc3O4)c2)cc1. The first-order valence-electron chi connectivity index (χ1n) is 18.0. The second-order valence-corrected chi connectivity index (χ2v) is 13.8. The third-order valence-corrected chi connectivity index (χ3v) is 10.6. The van der Waals surface area contributed by atoms with Crippen LogP contribution in [0.25, 0.3) is 33.4 Å². The normalized spacial score (nSPS) is 13.3. The molecule has 0 fully saturated rings. The van der Waals surface area contributed by atoms with Gasteiger partial charge in [0, 0.05) is 0 Å². The summed E-state index contributed by atoms with van der Waals surface area (Å²) in [7, 11) is 0. The Kier molecular flexibility index (Phi) is 5.96. The summed E-state index contributed by atoms with van der Waals surface area (Å²) in [5.41, 5.74) is 12.1. The summed E-state index contributed by atoms with van der Waals surface area (Å²) in [4.78, 5) is 4.50. The number of hydrogen-bond acceptors (Lipinski definition) is 6. The molecule has 4 aliphatic rings. The van der Waals surface area contributed by atoms with Crippen LogP contribution in [-0.2, 0) is 0 Å². The van der Waals surface area contributed by atoms with E-state index in [0.29, 0.717) is 0 Å². The molecule has 0 radical (unpaired) electrons. The van der Waals surface area contributed by atoms with Gasteiger partial charge in [0.15, 0.2) is 46.0 Å². The van der Waals surface area contributed by atoms with Crippen molar-refractivity contribution in [2.75, 3.05) is 9.80 Å². The van der Waals surface area contributed by atoms with Crippen molar-refractivity contribution in [1.29, 1.82) is 0 Å². The van der Waals surface area contributed by atoms with E-state index in [0.717, 1.165) is 114 Å². The van der Waals surface area contributed by atoms with Gasteiger partial charge in [0.1, 0.15) is 11.4 Å². The van der Waals surface area contributed by atoms with Crippen molar-refractivity contribution in [3.05, 3.63) is 170 Å². The van der Waals surface area contributed by atoms with E-state index in [1.54, 1.807) is 0 Å². The van der Waals surface area contributed by atoms with Crippen LogP contribution < -0.4 is 28.7 Å². The lowest BCUT2D eigenvalue weighted by Gasteiger charge is -2.38. The Hall–Kier alpha value is -7.44. The molecule has 254 valence electrons. The van der Waals surface area contributed by atoms with Crippen molar-refractivity contribution in [3.8, 4) is 79.4 Å². The van der Waals surface area contributed by atoms with Gasteiger partial charge in [-0.05, 0) is 124 Å². The fourth-order valence-electron chi connectivity index (χ4n) is 8.13. The van der Waals surface area contributed by atoms with Gasteiger partial charge in [0.05, 0.1) is 22.7 Å². The highest BCUT2D eigenvalue weighted by Crippen LogP contribution is 2.62. The van der Waals surface area contributed by atoms with Crippen molar-refractivity contribution in [3.63, 3.8) is 0 Å². The zero-order valence-corrected chi connectivity index (χ0v) is 28.7. The van der Waals surface area contributed by atoms with Crippen LogP contribution in [0, 0.1) is 0 Å². The molecule has 0 amide bonds. The predicted octanol–water partition coefficient (Wildman–Crippen LogP) is 14.0. The topological polar surface area (TPSA) is 43.4 Å². The number of rotatable bonds is 3. The molecule has 0 saturated carbocycles. The van der Waals surface area contributed by atoms with Gasteiger partial charge in [-0.15, -0.1) is 0 Å². The molecule has 54 heavy (non-hydrogen) atoms. The van der Waals surface area contributed by atoms with E-state index in [1.807, 2.05) is 78.9 Å². The fraction of sp³-hybridized carbons (Fsp3) is 0. The zero-order chi connectivity index (χ0) is 35.3. The smallest absolute Gasteiger partial charge is 0.156 e. The standard InChI is InChI=1S/C48H28N2O4/c1-2-11-29(12-3-1)31-23-32(30-21-22-38-44(26-30)54-43-20-10-19-42-47(43)50(38)35-13-4-7-16-39(35)51-42)25-33(24-31)34-27-45-48-46(28-34)53-41-18-9-6-15-37(41)49(48)36-14-5-8-17-40(36)52-45/h1-28H. The predicted molar refractivity (Wildman–Crippen MR) is 212 cm³/mol. The van der Waals surface area contributed by atoms with E-state index in [4.69, 9.17) is 18.9 Å². The van der Waals surface area contributed by atoms with Crippen LogP contribution in [0.2, 0.25) is 0 Å². The molecule has 8 aromatic carbocycles. The number of fused-ring (bicyclic) bond motifs is 8. The van der Waals surface area contributed by atoms with Gasteiger partial charge in [-0.2, -0.15) is 0 Å². The maximum absolute atomic E-state index is 6.64. The molecule has 0 aliphatic carbocycles. The first-order valence-corrected chi connectivity index (χ1v) is 18.0. The summed E-state index contributed by atoms with van der Waals surface area (Å²) in [6.45, 7) is 0. The lowest BCUT2D eigenvalue weighted by molar-refractivity contribution is 0.445. The highest BCUT2D eigenvalue weighted by molar-refractivity contribution is 5.97. The van der Waals surface area contributed by atoms with E-state index in [9.17, 15) is 0 Å². The van der Waals surface area contributed by atoms with Crippen LogP contribution in [0.1, 0.15) is 0 Å². The Morgan fingerprint density at radius 2 is 0.630 bits per heavy atom. The number of nitrogens with zero attached hydrogens (tertiary/aromatic N) is 2. The molecule has 0 atom stereocenters. The van der Waals surface area contributed by atoms with Crippen LogP contribution in [0.15, 0.2) is 170 Å². The zero-order valence-electron chi connectivity index (χ0n) is 28.7. The highest BCUT2D eigenvalue weighted by Gasteiger charge is 2.36. The monoisotopic (exact) mass is 696 g/mol. The fourth-order valence-corrected chi connectivity index (χ4v) is 8.13. The Bertz CT molecular complexity index is 2800. The number of para-hydroxylation sites is 7. The lowest BCUT2D eigenvalue weighted by Crippen LogP contribution is -2.20. The van der Waals surface area contributed by atoms with Crippen LogP contribution in [0.4, 0.5) is 34.1 Å². The average Bonchev–Trinajstić information content (AvgIpc) is 3.23. The van der Waals surface area contributed by atoms with E-state index >= 15 is 0 Å². The van der Waals surface area contributed by atoms with Gasteiger partial charge < -0.3 is 18.9 Å². The van der Waals surface area contributed by atoms with Crippen molar-refractivity contribution in [1.82, 2.24) is 0 Å². The Labute approximate surface area is 311 Å². The van der Waals surface area contributed by atoms with E-state index in [1.165, 1.54) is 0 Å². The van der Waals surface area contributed by atoms with Gasteiger partial charge in [-0.25, -0.2) is 0 Å². The summed E-state index contributed by atoms with van der Waals surface area (Å²) < 4.78 is 26.2. The van der Waals surface area contributed by atoms with E-state index < -0.39 is 0 Å². The van der Waals surface area contributed by atoms with Gasteiger partial charge in [0.25, 0.3) is 0 Å². The average molecular weight is 697 g/mol. The molecular formula is C48H28N2O4. The number of benzene rings is 8. The molecule has 4 heterocycles. The third-order valence-electron chi connectivity index (χ3n) is 10.6. The first-order chi connectivity index (χ1) is 26.7. The summed E-state index contributed by atoms with van der Waals surface area (Å²) in [5.74, 6) is 6.20. The van der Waals surface area contributed by atoms with Crippen LogP contribution in [0.5, 0.6) is 46.0 Å². The second kappa shape index (κ2) is 11.0. The van der Waals surface area contributed by atoms with Crippen LogP contribution in [-0.4, -0.2) is 0 Å². The Balaban J connectivity index is 1.02. The van der Waals surface area contributed by atoms with Gasteiger partial charge in [0.2, 0.25) is 0 Å². The van der Waals surface area contributed by atoms with Crippen molar-refractivity contribution in [2.45, 2.75) is 0 Å². The Morgan fingerprint density at radius 1 is 0.241 bits per heavy atom. The number of hydrogen-bond donors (Lipinski definition) is 0. The second-order valence-electron chi connectivity index (χ2n) is 13.8. The van der Waals surface area contributed by atoms with Crippen LogP contribution >= 0.6 is 0 Å². The molecule has 0 saturated heterocycles. The van der Waals surface area contributed by atoms with Crippen LogP contribution in [0.3, 0.4) is 0 Å². The van der Waals surface area contributed by atoms with Crippen molar-refractivity contribution < 1.29 is 18.9 Å². The minimum absolute atomic E-state index is 0.744. The third kappa shape index (κ3) is 4.28. The van der Waals surface area contributed by atoms with Gasteiger partial charge >= 0.3 is 0 Å². The summed E-state index contributed by atoms with van der Waals surface area (Å²) in [6, 6.07) is 58.4. The molecule has 6 heteroatoms. The molecule has 4 aliphatic heterocycles. The minimum atomic E-state index is 0.744. The summed E-state index contributed by atoms with van der Waals surface area (Å²) in [6.07, 6.45) is 0. The molecule has 0 spiro atoms. The first kappa shape index (κ1) is 29.2. The molecule has 12 rings (SSSR count). The van der Waals surface area contributed by atoms with Crippen molar-refractivity contribution >= 4 is 34.1 Å². The number of anilines is 6. The van der Waals surface area contributed by atoms with E-state index in [-0.39, 0.29) is 0 Å². The number of ether oxygens (including phenoxy) is 4. The minimum Gasteiger partial charge on any atom is -0.453 e. The molecule has 0 bridgehead atoms. The van der Waals surface area contributed by atoms with Crippen molar-refractivity contribution in [2.24, 2.45) is 0 Å². The molecule has 8 aromatic rings. The molecule has 6 nitrogen and oxygen atoms in total. The molecule has 0 aromatic heterocycles. The highest BCUT2D eigenvalue weighted by atomic mass is 16.5. The summed E-state index contributed by atoms with van der Waals surface area (Å²) >= 11 is 0. The quantitative estimate of drug-likeness (QED) is 0.183. The maximum Gasteiger partial charge on any atom is 0.156 e. The Morgan fingerprint density at radius 3 is 1.22 bits per heavy atom. The summed E-state index contributed by atoms with van der Waals surface area (Å²) in [5, 5.41) is 0. The molecule has 0 N–H and O–H groups in total. The van der Waals surface area contributed by atoms with Gasteiger partial charge in [-0.1, -0.05) is 78.9 Å². The maximum atomic E-state index is 6.64. The lowest BCUT2D eigenvalue weighted by atomic mass is 9.92. The van der Waals surface area contributed by atoms with E-state index in [2.05, 4.69) is 101 Å². The molecule has 0 unspecified atom stereocenters. The molecular weight excluding hydrogens is 669 g/mol. The van der Waals surface area contributed by atoms with Gasteiger partial charge in [-0.3, -0.25) is 9.80 Å². The largest absolute Gasteiger partial charge is 0.453 e.